The van der Waals surface area contributed by atoms with Gasteiger partial charge >= 0.3 is 0 Å². The summed E-state index contributed by atoms with van der Waals surface area (Å²) in [4.78, 5) is 6.87. The number of nitrogens with zero attached hydrogens (tertiary/aromatic N) is 2. The number of halogens is 1. The number of rotatable bonds is 6. The molecule has 0 bridgehead atoms. The molecular formula is C15H24ClN3O. The van der Waals surface area contributed by atoms with Gasteiger partial charge in [-0.15, -0.1) is 0 Å². The molecule has 1 aliphatic rings. The first kappa shape index (κ1) is 15.5. The number of pyridine rings is 1. The van der Waals surface area contributed by atoms with Crippen molar-refractivity contribution in [1.29, 1.82) is 0 Å². The minimum atomic E-state index is 0.600. The van der Waals surface area contributed by atoms with E-state index in [1.807, 2.05) is 12.1 Å². The zero-order valence-corrected chi connectivity index (χ0v) is 13.1. The SMILES string of the molecule is CCNCc1nc(N(C)CC2CCCOC2)ccc1Cl. The van der Waals surface area contributed by atoms with Crippen molar-refractivity contribution in [2.75, 3.05) is 38.3 Å². The van der Waals surface area contributed by atoms with Gasteiger partial charge in [0, 0.05) is 26.7 Å². The molecule has 0 amide bonds. The van der Waals surface area contributed by atoms with Crippen molar-refractivity contribution in [2.45, 2.75) is 26.3 Å². The predicted molar refractivity (Wildman–Crippen MR) is 83.4 cm³/mol. The second-order valence-electron chi connectivity index (χ2n) is 5.34. The molecule has 112 valence electrons. The summed E-state index contributed by atoms with van der Waals surface area (Å²) in [7, 11) is 2.09. The highest BCUT2D eigenvalue weighted by atomic mass is 35.5. The highest BCUT2D eigenvalue weighted by Gasteiger charge is 2.17. The first-order valence-electron chi connectivity index (χ1n) is 7.35. The highest BCUT2D eigenvalue weighted by Crippen LogP contribution is 2.21. The Labute approximate surface area is 126 Å². The number of hydrogen-bond donors (Lipinski definition) is 1. The molecule has 1 aromatic rings. The molecule has 5 heteroatoms. The van der Waals surface area contributed by atoms with Gasteiger partial charge in [-0.1, -0.05) is 18.5 Å². The van der Waals surface area contributed by atoms with Crippen LogP contribution in [0.25, 0.3) is 0 Å². The summed E-state index contributed by atoms with van der Waals surface area (Å²) in [5, 5.41) is 3.99. The van der Waals surface area contributed by atoms with Crippen LogP contribution in [0.5, 0.6) is 0 Å². The Morgan fingerprint density at radius 1 is 1.50 bits per heavy atom. The molecule has 0 aliphatic carbocycles. The molecule has 2 heterocycles. The van der Waals surface area contributed by atoms with Crippen LogP contribution >= 0.6 is 11.6 Å². The van der Waals surface area contributed by atoms with Gasteiger partial charge in [-0.3, -0.25) is 0 Å². The molecule has 1 N–H and O–H groups in total. The highest BCUT2D eigenvalue weighted by molar-refractivity contribution is 6.31. The normalized spacial score (nSPS) is 19.1. The van der Waals surface area contributed by atoms with E-state index in [-0.39, 0.29) is 0 Å². The standard InChI is InChI=1S/C15H24ClN3O/c1-3-17-9-14-13(16)6-7-15(18-14)19(2)10-12-5-4-8-20-11-12/h6-7,12,17H,3-5,8-11H2,1-2H3. The smallest absolute Gasteiger partial charge is 0.128 e. The third-order valence-corrected chi connectivity index (χ3v) is 3.97. The molecule has 2 rings (SSSR count). The van der Waals surface area contributed by atoms with E-state index in [0.717, 1.165) is 49.3 Å². The summed E-state index contributed by atoms with van der Waals surface area (Å²) in [6, 6.07) is 3.92. The number of ether oxygens (including phenoxy) is 1. The lowest BCUT2D eigenvalue weighted by Crippen LogP contribution is -2.31. The maximum Gasteiger partial charge on any atom is 0.128 e. The minimum absolute atomic E-state index is 0.600. The van der Waals surface area contributed by atoms with E-state index < -0.39 is 0 Å². The fourth-order valence-electron chi connectivity index (χ4n) is 2.49. The lowest BCUT2D eigenvalue weighted by Gasteiger charge is -2.28. The van der Waals surface area contributed by atoms with Crippen LogP contribution in [0, 0.1) is 5.92 Å². The van der Waals surface area contributed by atoms with Crippen LogP contribution in [-0.4, -0.2) is 38.3 Å². The average molecular weight is 298 g/mol. The number of aromatic nitrogens is 1. The lowest BCUT2D eigenvalue weighted by molar-refractivity contribution is 0.0576. The van der Waals surface area contributed by atoms with Crippen molar-refractivity contribution in [2.24, 2.45) is 5.92 Å². The monoisotopic (exact) mass is 297 g/mol. The van der Waals surface area contributed by atoms with Crippen molar-refractivity contribution in [3.63, 3.8) is 0 Å². The van der Waals surface area contributed by atoms with Crippen LogP contribution in [0.2, 0.25) is 5.02 Å². The molecule has 1 saturated heterocycles. The largest absolute Gasteiger partial charge is 0.381 e. The Morgan fingerprint density at radius 2 is 2.35 bits per heavy atom. The number of anilines is 1. The van der Waals surface area contributed by atoms with E-state index in [2.05, 4.69) is 29.2 Å². The van der Waals surface area contributed by atoms with Crippen LogP contribution in [-0.2, 0) is 11.3 Å². The molecule has 1 aromatic heterocycles. The Kier molecular flexibility index (Phi) is 6.07. The van der Waals surface area contributed by atoms with Gasteiger partial charge in [0.25, 0.3) is 0 Å². The molecule has 0 spiro atoms. The zero-order valence-electron chi connectivity index (χ0n) is 12.4. The van der Waals surface area contributed by atoms with Crippen molar-refractivity contribution in [3.05, 3.63) is 22.8 Å². The van der Waals surface area contributed by atoms with Crippen LogP contribution in [0.1, 0.15) is 25.5 Å². The van der Waals surface area contributed by atoms with E-state index in [0.29, 0.717) is 12.5 Å². The third-order valence-electron chi connectivity index (χ3n) is 3.62. The third kappa shape index (κ3) is 4.33. The quantitative estimate of drug-likeness (QED) is 0.876. The lowest BCUT2D eigenvalue weighted by atomic mass is 10.0. The molecule has 4 nitrogen and oxygen atoms in total. The molecule has 0 radical (unpaired) electrons. The average Bonchev–Trinajstić information content (AvgIpc) is 2.47. The second kappa shape index (κ2) is 7.81. The first-order chi connectivity index (χ1) is 9.70. The van der Waals surface area contributed by atoms with Gasteiger partial charge in [-0.2, -0.15) is 0 Å². The molecule has 20 heavy (non-hydrogen) atoms. The summed E-state index contributed by atoms with van der Waals surface area (Å²) >= 11 is 6.19. The van der Waals surface area contributed by atoms with E-state index in [1.165, 1.54) is 6.42 Å². The van der Waals surface area contributed by atoms with E-state index >= 15 is 0 Å². The molecule has 1 fully saturated rings. The van der Waals surface area contributed by atoms with Gasteiger partial charge in [0.1, 0.15) is 5.82 Å². The maximum atomic E-state index is 6.19. The van der Waals surface area contributed by atoms with Crippen molar-refractivity contribution in [3.8, 4) is 0 Å². The second-order valence-corrected chi connectivity index (χ2v) is 5.75. The first-order valence-corrected chi connectivity index (χ1v) is 7.73. The number of hydrogen-bond acceptors (Lipinski definition) is 4. The fraction of sp³-hybridized carbons (Fsp3) is 0.667. The van der Waals surface area contributed by atoms with Gasteiger partial charge in [0.2, 0.25) is 0 Å². The van der Waals surface area contributed by atoms with Crippen LogP contribution in [0.3, 0.4) is 0 Å². The van der Waals surface area contributed by atoms with Crippen molar-refractivity contribution < 1.29 is 4.74 Å². The summed E-state index contributed by atoms with van der Waals surface area (Å²) in [5.41, 5.74) is 0.915. The molecule has 1 unspecified atom stereocenters. The van der Waals surface area contributed by atoms with E-state index in [4.69, 9.17) is 16.3 Å². The Balaban J connectivity index is 1.99. The Morgan fingerprint density at radius 3 is 3.05 bits per heavy atom. The maximum absolute atomic E-state index is 6.19. The Hall–Kier alpha value is -0.840. The van der Waals surface area contributed by atoms with Gasteiger partial charge in [-0.05, 0) is 37.4 Å². The van der Waals surface area contributed by atoms with Crippen LogP contribution in [0.4, 0.5) is 5.82 Å². The van der Waals surface area contributed by atoms with Crippen LogP contribution < -0.4 is 10.2 Å². The topological polar surface area (TPSA) is 37.4 Å². The zero-order chi connectivity index (χ0) is 14.4. The van der Waals surface area contributed by atoms with Crippen molar-refractivity contribution >= 4 is 17.4 Å². The molecular weight excluding hydrogens is 274 g/mol. The number of nitrogens with one attached hydrogen (secondary N) is 1. The van der Waals surface area contributed by atoms with E-state index in [1.54, 1.807) is 0 Å². The minimum Gasteiger partial charge on any atom is -0.381 e. The Bertz CT molecular complexity index is 422. The van der Waals surface area contributed by atoms with Gasteiger partial charge in [0.15, 0.2) is 0 Å². The van der Waals surface area contributed by atoms with E-state index in [9.17, 15) is 0 Å². The van der Waals surface area contributed by atoms with Gasteiger partial charge < -0.3 is 15.0 Å². The molecule has 1 aliphatic heterocycles. The van der Waals surface area contributed by atoms with Gasteiger partial charge in [0.05, 0.1) is 17.3 Å². The fourth-order valence-corrected chi connectivity index (χ4v) is 2.66. The molecule has 0 saturated carbocycles. The summed E-state index contributed by atoms with van der Waals surface area (Å²) in [5.74, 6) is 1.58. The summed E-state index contributed by atoms with van der Waals surface area (Å²) < 4.78 is 5.54. The van der Waals surface area contributed by atoms with Gasteiger partial charge in [-0.25, -0.2) is 4.98 Å². The summed E-state index contributed by atoms with van der Waals surface area (Å²) in [6.07, 6.45) is 2.40. The van der Waals surface area contributed by atoms with Crippen molar-refractivity contribution in [1.82, 2.24) is 10.3 Å². The molecule has 1 atom stereocenters. The van der Waals surface area contributed by atoms with Crippen LogP contribution in [0.15, 0.2) is 12.1 Å². The predicted octanol–water partition coefficient (Wildman–Crippen LogP) is 2.71. The molecule has 0 aromatic carbocycles. The summed E-state index contributed by atoms with van der Waals surface area (Å²) in [6.45, 7) is 6.46.